The molecular weight excluding hydrogens is 378 g/mol. The van der Waals surface area contributed by atoms with Gasteiger partial charge in [0.2, 0.25) is 11.8 Å². The van der Waals surface area contributed by atoms with Gasteiger partial charge in [0.25, 0.3) is 0 Å². The Balaban J connectivity index is 3.12. The molecule has 1 rings (SSSR count). The van der Waals surface area contributed by atoms with Gasteiger partial charge in [-0.3, -0.25) is 9.59 Å². The lowest BCUT2D eigenvalue weighted by Gasteiger charge is -2.31. The summed E-state index contributed by atoms with van der Waals surface area (Å²) in [6.45, 7) is 7.88. The van der Waals surface area contributed by atoms with E-state index >= 15 is 0 Å². The number of carbonyl (C=O) groups excluding carboxylic acids is 3. The van der Waals surface area contributed by atoms with Crippen LogP contribution in [-0.4, -0.2) is 64.4 Å². The Kier molecular flexibility index (Phi) is 8.44. The lowest BCUT2D eigenvalue weighted by molar-refractivity contribution is -0.141. The number of benzene rings is 1. The van der Waals surface area contributed by atoms with E-state index < -0.39 is 42.2 Å². The molecule has 0 saturated heterocycles. The van der Waals surface area contributed by atoms with Gasteiger partial charge in [0.15, 0.2) is 0 Å². The van der Waals surface area contributed by atoms with Gasteiger partial charge in [0.05, 0.1) is 6.61 Å². The number of alkyl carbamates (subject to hydrolysis) is 1. The molecule has 2 atom stereocenters. The highest BCUT2D eigenvalue weighted by Crippen LogP contribution is 2.24. The van der Waals surface area contributed by atoms with Crippen molar-refractivity contribution in [2.24, 2.45) is 0 Å². The minimum atomic E-state index is -1.30. The number of nitrogens with one attached hydrogen (secondary N) is 2. The van der Waals surface area contributed by atoms with E-state index in [1.807, 2.05) is 0 Å². The third-order valence-electron chi connectivity index (χ3n) is 3.77. The summed E-state index contributed by atoms with van der Waals surface area (Å²) in [7, 11) is 1.39. The fraction of sp³-hybridized carbons (Fsp3) is 0.550. The summed E-state index contributed by atoms with van der Waals surface area (Å²) in [5.41, 5.74) is -0.395. The quantitative estimate of drug-likeness (QED) is 0.537. The van der Waals surface area contributed by atoms with E-state index in [9.17, 15) is 24.6 Å². The third kappa shape index (κ3) is 7.61. The Bertz CT molecular complexity index is 729. The molecule has 0 aliphatic rings. The van der Waals surface area contributed by atoms with Gasteiger partial charge in [-0.05, 0) is 52.3 Å². The van der Waals surface area contributed by atoms with Crippen LogP contribution in [0.5, 0.6) is 5.75 Å². The van der Waals surface area contributed by atoms with Gasteiger partial charge in [0, 0.05) is 13.1 Å². The molecule has 9 heteroatoms. The smallest absolute Gasteiger partial charge is 0.408 e. The molecule has 0 aromatic heterocycles. The summed E-state index contributed by atoms with van der Waals surface area (Å²) < 4.78 is 5.12. The van der Waals surface area contributed by atoms with Crippen LogP contribution < -0.4 is 10.6 Å². The van der Waals surface area contributed by atoms with E-state index in [2.05, 4.69) is 10.6 Å². The molecule has 0 heterocycles. The molecule has 2 unspecified atom stereocenters. The first-order chi connectivity index (χ1) is 13.4. The van der Waals surface area contributed by atoms with Gasteiger partial charge in [0.1, 0.15) is 23.4 Å². The van der Waals surface area contributed by atoms with Gasteiger partial charge in [-0.25, -0.2) is 4.79 Å². The molecule has 9 nitrogen and oxygen atoms in total. The van der Waals surface area contributed by atoms with Gasteiger partial charge >= 0.3 is 6.09 Å². The van der Waals surface area contributed by atoms with Crippen LogP contribution in [0.1, 0.15) is 46.2 Å². The number of aromatic hydroxyl groups is 1. The molecule has 0 aliphatic carbocycles. The van der Waals surface area contributed by atoms with Crippen LogP contribution in [-0.2, 0) is 14.3 Å². The maximum absolute atomic E-state index is 12.9. The fourth-order valence-electron chi connectivity index (χ4n) is 2.62. The van der Waals surface area contributed by atoms with Crippen LogP contribution in [0.4, 0.5) is 4.79 Å². The van der Waals surface area contributed by atoms with E-state index in [4.69, 9.17) is 4.74 Å². The Morgan fingerprint density at radius 3 is 2.28 bits per heavy atom. The summed E-state index contributed by atoms with van der Waals surface area (Å²) in [5, 5.41) is 24.4. The van der Waals surface area contributed by atoms with Crippen LogP contribution in [0, 0.1) is 0 Å². The number of hydrogen-bond donors (Lipinski definition) is 4. The number of aliphatic hydroxyl groups excluding tert-OH is 1. The maximum Gasteiger partial charge on any atom is 0.408 e. The predicted octanol–water partition coefficient (Wildman–Crippen LogP) is 1.30. The maximum atomic E-state index is 12.9. The van der Waals surface area contributed by atoms with Crippen molar-refractivity contribution in [3.8, 4) is 5.75 Å². The highest BCUT2D eigenvalue weighted by atomic mass is 16.6. The molecule has 1 aromatic rings. The zero-order chi connectivity index (χ0) is 22.4. The monoisotopic (exact) mass is 409 g/mol. The molecule has 4 N–H and O–H groups in total. The average molecular weight is 409 g/mol. The number of aliphatic hydroxyl groups is 1. The first kappa shape index (κ1) is 24.2. The SMILES string of the molecule is CC(C)NC(=O)C(c1cccc(O)c1)N(C)C(=O)C(CO)NC(=O)OC(C)(C)C. The average Bonchev–Trinajstić information content (AvgIpc) is 2.57. The molecule has 0 bridgehead atoms. The summed E-state index contributed by atoms with van der Waals surface area (Å²) in [5.74, 6) is -1.21. The van der Waals surface area contributed by atoms with E-state index in [0.717, 1.165) is 4.90 Å². The predicted molar refractivity (Wildman–Crippen MR) is 107 cm³/mol. The number of nitrogens with zero attached hydrogens (tertiary/aromatic N) is 1. The zero-order valence-electron chi connectivity index (χ0n) is 17.7. The molecule has 0 aliphatic heterocycles. The van der Waals surface area contributed by atoms with Crippen LogP contribution in [0.2, 0.25) is 0 Å². The Morgan fingerprint density at radius 1 is 1.17 bits per heavy atom. The number of rotatable bonds is 7. The van der Waals surface area contributed by atoms with Crippen molar-refractivity contribution in [2.45, 2.75) is 58.3 Å². The number of likely N-dealkylation sites (N-methyl/N-ethyl adjacent to an activating group) is 1. The fourth-order valence-corrected chi connectivity index (χ4v) is 2.62. The van der Waals surface area contributed by atoms with E-state index in [1.165, 1.54) is 19.2 Å². The minimum Gasteiger partial charge on any atom is -0.508 e. The first-order valence-electron chi connectivity index (χ1n) is 9.32. The van der Waals surface area contributed by atoms with Crippen molar-refractivity contribution in [1.29, 1.82) is 0 Å². The topological polar surface area (TPSA) is 128 Å². The number of phenols is 1. The van der Waals surface area contributed by atoms with E-state index in [0.29, 0.717) is 5.56 Å². The van der Waals surface area contributed by atoms with Crippen LogP contribution in [0.25, 0.3) is 0 Å². The van der Waals surface area contributed by atoms with Crippen molar-refractivity contribution in [3.63, 3.8) is 0 Å². The number of ether oxygens (including phenoxy) is 1. The molecule has 0 fully saturated rings. The molecule has 3 amide bonds. The standard InChI is InChI=1S/C20H31N3O6/c1-12(2)21-17(26)16(13-8-7-9-14(25)10-13)23(6)18(27)15(11-24)22-19(28)29-20(3,4)5/h7-10,12,15-16,24-25H,11H2,1-6H3,(H,21,26)(H,22,28). The molecule has 0 saturated carbocycles. The number of carbonyl (C=O) groups is 3. The second kappa shape index (κ2) is 10.1. The second-order valence-electron chi connectivity index (χ2n) is 7.99. The minimum absolute atomic E-state index is 0.0590. The molecule has 0 radical (unpaired) electrons. The van der Waals surface area contributed by atoms with E-state index in [-0.39, 0.29) is 11.8 Å². The van der Waals surface area contributed by atoms with Crippen LogP contribution >= 0.6 is 0 Å². The van der Waals surface area contributed by atoms with Crippen LogP contribution in [0.15, 0.2) is 24.3 Å². The molecule has 1 aromatic carbocycles. The summed E-state index contributed by atoms with van der Waals surface area (Å²) >= 11 is 0. The Morgan fingerprint density at radius 2 is 1.79 bits per heavy atom. The van der Waals surface area contributed by atoms with E-state index in [1.54, 1.807) is 46.8 Å². The summed E-state index contributed by atoms with van der Waals surface area (Å²) in [6, 6.07) is 3.42. The second-order valence-corrected chi connectivity index (χ2v) is 7.99. The largest absolute Gasteiger partial charge is 0.508 e. The van der Waals surface area contributed by atoms with Crippen LogP contribution in [0.3, 0.4) is 0 Å². The Labute approximate surface area is 171 Å². The Hall–Kier alpha value is -2.81. The third-order valence-corrected chi connectivity index (χ3v) is 3.77. The first-order valence-corrected chi connectivity index (χ1v) is 9.32. The normalized spacial score (nSPS) is 13.4. The van der Waals surface area contributed by atoms with Crippen molar-refractivity contribution in [2.75, 3.05) is 13.7 Å². The molecule has 29 heavy (non-hydrogen) atoms. The highest BCUT2D eigenvalue weighted by molar-refractivity contribution is 5.92. The van der Waals surface area contributed by atoms with Crippen molar-refractivity contribution in [3.05, 3.63) is 29.8 Å². The molecular formula is C20H31N3O6. The number of phenolic OH excluding ortho intramolecular Hbond substituents is 1. The highest BCUT2D eigenvalue weighted by Gasteiger charge is 2.34. The molecule has 162 valence electrons. The summed E-state index contributed by atoms with van der Waals surface area (Å²) in [6.07, 6.45) is -0.862. The lowest BCUT2D eigenvalue weighted by Crippen LogP contribution is -2.53. The lowest BCUT2D eigenvalue weighted by atomic mass is 10.0. The number of amides is 3. The van der Waals surface area contributed by atoms with Gasteiger partial charge in [-0.1, -0.05) is 12.1 Å². The van der Waals surface area contributed by atoms with Crippen molar-refractivity contribution < 1.29 is 29.3 Å². The molecule has 0 spiro atoms. The zero-order valence-corrected chi connectivity index (χ0v) is 17.7. The van der Waals surface area contributed by atoms with Gasteiger partial charge in [-0.2, -0.15) is 0 Å². The van der Waals surface area contributed by atoms with Gasteiger partial charge < -0.3 is 30.5 Å². The summed E-state index contributed by atoms with van der Waals surface area (Å²) in [4.78, 5) is 38.8. The van der Waals surface area contributed by atoms with Crippen molar-refractivity contribution in [1.82, 2.24) is 15.5 Å². The van der Waals surface area contributed by atoms with Gasteiger partial charge in [-0.15, -0.1) is 0 Å². The van der Waals surface area contributed by atoms with Crippen molar-refractivity contribution >= 4 is 17.9 Å². The number of hydrogen-bond acceptors (Lipinski definition) is 6.